The second-order valence-electron chi connectivity index (χ2n) is 7.67. The van der Waals surface area contributed by atoms with E-state index in [9.17, 15) is 14.0 Å². The van der Waals surface area contributed by atoms with Crippen LogP contribution >= 0.6 is 0 Å². The number of nitrogens with zero attached hydrogens (tertiary/aromatic N) is 1. The number of carboxylic acid groups (broad SMARTS) is 1. The molecule has 32 heavy (non-hydrogen) atoms. The third-order valence-corrected chi connectivity index (χ3v) is 4.72. The van der Waals surface area contributed by atoms with Crippen molar-refractivity contribution in [3.8, 4) is 5.75 Å². The molecule has 1 amide bonds. The number of ether oxygens (including phenoxy) is 1. The number of anilines is 1. The van der Waals surface area contributed by atoms with Crippen LogP contribution in [-0.2, 0) is 12.8 Å². The number of carbonyl (C=O) groups is 2. The van der Waals surface area contributed by atoms with E-state index < -0.39 is 5.97 Å². The van der Waals surface area contributed by atoms with Gasteiger partial charge in [0.15, 0.2) is 0 Å². The molecular weight excluding hydrogens is 411 g/mol. The Hall–Kier alpha value is -3.74. The zero-order valence-corrected chi connectivity index (χ0v) is 18.0. The van der Waals surface area contributed by atoms with Gasteiger partial charge in [-0.1, -0.05) is 18.2 Å². The minimum atomic E-state index is -1.09. The van der Waals surface area contributed by atoms with Gasteiger partial charge in [-0.15, -0.1) is 0 Å². The number of pyridine rings is 1. The summed E-state index contributed by atoms with van der Waals surface area (Å²) in [4.78, 5) is 27.7. The smallest absolute Gasteiger partial charge is 0.337 e. The van der Waals surface area contributed by atoms with Crippen LogP contribution in [0, 0.1) is 5.82 Å². The molecule has 1 aromatic heterocycles. The standard InChI is InChI=1S/C25H25FN2O4/c1-16(2)32-21-13-17(6-5-8-18-7-3-4-9-22(18)26)12-20(14-21)24(29)28-23-11-10-19(15-27-23)25(30)31/h3-4,7,9-16H,5-6,8H2,1-2H3,(H,30,31)(H,27,28,29). The van der Waals surface area contributed by atoms with Crippen LogP contribution in [0.4, 0.5) is 10.2 Å². The molecule has 0 atom stereocenters. The number of amides is 1. The molecule has 0 aliphatic rings. The van der Waals surface area contributed by atoms with Gasteiger partial charge in [-0.3, -0.25) is 4.79 Å². The van der Waals surface area contributed by atoms with Crippen molar-refractivity contribution in [3.05, 3.63) is 88.9 Å². The van der Waals surface area contributed by atoms with Crippen molar-refractivity contribution in [2.45, 2.75) is 39.2 Å². The van der Waals surface area contributed by atoms with Crippen molar-refractivity contribution in [1.82, 2.24) is 4.98 Å². The molecule has 0 bridgehead atoms. The summed E-state index contributed by atoms with van der Waals surface area (Å²) >= 11 is 0. The lowest BCUT2D eigenvalue weighted by atomic mass is 10.0. The van der Waals surface area contributed by atoms with Gasteiger partial charge in [0.25, 0.3) is 5.91 Å². The number of benzene rings is 2. The Morgan fingerprint density at radius 1 is 1.06 bits per heavy atom. The highest BCUT2D eigenvalue weighted by atomic mass is 19.1. The van der Waals surface area contributed by atoms with Gasteiger partial charge in [0.1, 0.15) is 17.4 Å². The third-order valence-electron chi connectivity index (χ3n) is 4.72. The Balaban J connectivity index is 1.74. The molecule has 3 aromatic rings. The molecule has 2 aromatic carbocycles. The molecule has 0 saturated carbocycles. The van der Waals surface area contributed by atoms with E-state index in [0.717, 1.165) is 5.56 Å². The second-order valence-corrected chi connectivity index (χ2v) is 7.67. The molecule has 0 fully saturated rings. The molecule has 0 aliphatic heterocycles. The molecular formula is C25H25FN2O4. The first-order chi connectivity index (χ1) is 15.3. The largest absolute Gasteiger partial charge is 0.491 e. The molecule has 0 aliphatic carbocycles. The van der Waals surface area contributed by atoms with Crippen molar-refractivity contribution in [2.24, 2.45) is 0 Å². The summed E-state index contributed by atoms with van der Waals surface area (Å²) in [7, 11) is 0. The predicted octanol–water partition coefficient (Wildman–Crippen LogP) is 5.13. The molecule has 1 heterocycles. The molecule has 0 spiro atoms. The minimum absolute atomic E-state index is 0.0347. The average molecular weight is 436 g/mol. The minimum Gasteiger partial charge on any atom is -0.491 e. The lowest BCUT2D eigenvalue weighted by Crippen LogP contribution is -2.14. The van der Waals surface area contributed by atoms with Crippen LogP contribution in [0.1, 0.15) is 52.1 Å². The number of aromatic nitrogens is 1. The summed E-state index contributed by atoms with van der Waals surface area (Å²) in [6.07, 6.45) is 3.07. The number of hydrogen-bond donors (Lipinski definition) is 2. The Bertz CT molecular complexity index is 1100. The highest BCUT2D eigenvalue weighted by molar-refractivity contribution is 6.04. The summed E-state index contributed by atoms with van der Waals surface area (Å²) in [6.45, 7) is 3.80. The van der Waals surface area contributed by atoms with Crippen molar-refractivity contribution >= 4 is 17.7 Å². The van der Waals surface area contributed by atoms with E-state index in [-0.39, 0.29) is 29.2 Å². The Kier molecular flexibility index (Phi) is 7.54. The van der Waals surface area contributed by atoms with E-state index in [0.29, 0.717) is 36.1 Å². The summed E-state index contributed by atoms with van der Waals surface area (Å²) in [5.41, 5.74) is 2.00. The average Bonchev–Trinajstić information content (AvgIpc) is 2.75. The van der Waals surface area contributed by atoms with E-state index in [2.05, 4.69) is 10.3 Å². The fourth-order valence-electron chi connectivity index (χ4n) is 3.24. The Morgan fingerprint density at radius 3 is 2.50 bits per heavy atom. The fraction of sp³-hybridized carbons (Fsp3) is 0.240. The number of rotatable bonds is 9. The normalized spacial score (nSPS) is 10.8. The van der Waals surface area contributed by atoms with E-state index in [1.54, 1.807) is 24.3 Å². The Labute approximate surface area is 186 Å². The molecule has 6 nitrogen and oxygen atoms in total. The topological polar surface area (TPSA) is 88.5 Å². The SMILES string of the molecule is CC(C)Oc1cc(CCCc2ccccc2F)cc(C(=O)Nc2ccc(C(=O)O)cn2)c1. The van der Waals surface area contributed by atoms with Gasteiger partial charge >= 0.3 is 5.97 Å². The van der Waals surface area contributed by atoms with Crippen LogP contribution < -0.4 is 10.1 Å². The highest BCUT2D eigenvalue weighted by Crippen LogP contribution is 2.22. The Morgan fingerprint density at radius 2 is 1.84 bits per heavy atom. The molecule has 0 unspecified atom stereocenters. The first kappa shape index (κ1) is 22.9. The maximum Gasteiger partial charge on any atom is 0.337 e. The van der Waals surface area contributed by atoms with Crippen molar-refractivity contribution < 1.29 is 23.8 Å². The number of carboxylic acids is 1. The molecule has 2 N–H and O–H groups in total. The van der Waals surface area contributed by atoms with Gasteiger partial charge in [-0.2, -0.15) is 0 Å². The van der Waals surface area contributed by atoms with Crippen LogP contribution in [0.2, 0.25) is 0 Å². The molecule has 3 rings (SSSR count). The molecule has 0 saturated heterocycles. The van der Waals surface area contributed by atoms with Gasteiger partial charge in [-0.05, 0) is 80.6 Å². The number of aryl methyl sites for hydroxylation is 2. The molecule has 0 radical (unpaired) electrons. The first-order valence-corrected chi connectivity index (χ1v) is 10.4. The number of aromatic carboxylic acids is 1. The molecule has 7 heteroatoms. The van der Waals surface area contributed by atoms with E-state index in [1.807, 2.05) is 26.0 Å². The number of halogens is 1. The van der Waals surface area contributed by atoms with Crippen LogP contribution in [0.3, 0.4) is 0 Å². The molecule has 166 valence electrons. The van der Waals surface area contributed by atoms with Crippen LogP contribution in [0.15, 0.2) is 60.8 Å². The van der Waals surface area contributed by atoms with Crippen LogP contribution in [0.25, 0.3) is 0 Å². The number of hydrogen-bond acceptors (Lipinski definition) is 4. The summed E-state index contributed by atoms with van der Waals surface area (Å²) in [5.74, 6) is -0.871. The zero-order valence-electron chi connectivity index (χ0n) is 18.0. The first-order valence-electron chi connectivity index (χ1n) is 10.4. The monoisotopic (exact) mass is 436 g/mol. The third kappa shape index (κ3) is 6.38. The van der Waals surface area contributed by atoms with Crippen LogP contribution in [-0.4, -0.2) is 28.1 Å². The van der Waals surface area contributed by atoms with Crippen LogP contribution in [0.5, 0.6) is 5.75 Å². The van der Waals surface area contributed by atoms with Gasteiger partial charge in [0.05, 0.1) is 11.7 Å². The maximum absolute atomic E-state index is 13.9. The van der Waals surface area contributed by atoms with E-state index >= 15 is 0 Å². The van der Waals surface area contributed by atoms with Crippen molar-refractivity contribution in [3.63, 3.8) is 0 Å². The van der Waals surface area contributed by atoms with Gasteiger partial charge in [0.2, 0.25) is 0 Å². The van der Waals surface area contributed by atoms with E-state index in [1.165, 1.54) is 24.4 Å². The lowest BCUT2D eigenvalue weighted by Gasteiger charge is -2.14. The zero-order chi connectivity index (χ0) is 23.1. The highest BCUT2D eigenvalue weighted by Gasteiger charge is 2.13. The lowest BCUT2D eigenvalue weighted by molar-refractivity contribution is 0.0696. The summed E-state index contributed by atoms with van der Waals surface area (Å²) in [6, 6.07) is 14.8. The quantitative estimate of drug-likeness (QED) is 0.485. The van der Waals surface area contributed by atoms with Crippen molar-refractivity contribution in [1.29, 1.82) is 0 Å². The maximum atomic E-state index is 13.9. The van der Waals surface area contributed by atoms with Gasteiger partial charge in [-0.25, -0.2) is 14.2 Å². The number of nitrogens with one attached hydrogen (secondary N) is 1. The van der Waals surface area contributed by atoms with Gasteiger partial charge in [0, 0.05) is 11.8 Å². The number of carbonyl (C=O) groups excluding carboxylic acids is 1. The summed E-state index contributed by atoms with van der Waals surface area (Å²) in [5, 5.41) is 11.6. The summed E-state index contributed by atoms with van der Waals surface area (Å²) < 4.78 is 19.7. The second kappa shape index (κ2) is 10.5. The van der Waals surface area contributed by atoms with Gasteiger partial charge < -0.3 is 15.2 Å². The predicted molar refractivity (Wildman–Crippen MR) is 120 cm³/mol. The fourth-order valence-corrected chi connectivity index (χ4v) is 3.24. The van der Waals surface area contributed by atoms with Crippen molar-refractivity contribution in [2.75, 3.05) is 5.32 Å². The van der Waals surface area contributed by atoms with E-state index in [4.69, 9.17) is 9.84 Å².